The maximum atomic E-state index is 12.1. The third kappa shape index (κ3) is 4.12. The van der Waals surface area contributed by atoms with Crippen molar-refractivity contribution in [2.45, 2.75) is 12.5 Å². The first kappa shape index (κ1) is 16.1. The van der Waals surface area contributed by atoms with E-state index in [1.54, 1.807) is 0 Å². The number of aromatic carboxylic acids is 1. The zero-order valence-corrected chi connectivity index (χ0v) is 12.8. The van der Waals surface area contributed by atoms with E-state index in [1.165, 1.54) is 23.8 Å². The second kappa shape index (κ2) is 7.67. The number of ether oxygens (including phenoxy) is 1. The highest BCUT2D eigenvalue weighted by molar-refractivity contribution is 7.09. The molecule has 2 aromatic rings. The molecule has 0 fully saturated rings. The zero-order valence-electron chi connectivity index (χ0n) is 12.0. The molecule has 1 heterocycles. The van der Waals surface area contributed by atoms with E-state index in [-0.39, 0.29) is 11.6 Å². The minimum absolute atomic E-state index is 0.0328. The second-order valence-corrected chi connectivity index (χ2v) is 5.44. The molecule has 6 nitrogen and oxygen atoms in total. The van der Waals surface area contributed by atoms with Crippen LogP contribution in [0.1, 0.15) is 27.2 Å². The van der Waals surface area contributed by atoms with E-state index in [4.69, 9.17) is 9.84 Å². The second-order valence-electron chi connectivity index (χ2n) is 4.50. The molecule has 7 heteroatoms. The van der Waals surface area contributed by atoms with E-state index in [1.807, 2.05) is 30.3 Å². The Morgan fingerprint density at radius 1 is 1.36 bits per heavy atom. The quantitative estimate of drug-likeness (QED) is 0.813. The summed E-state index contributed by atoms with van der Waals surface area (Å²) in [7, 11) is 1.48. The van der Waals surface area contributed by atoms with Crippen LogP contribution in [0.4, 0.5) is 0 Å². The van der Waals surface area contributed by atoms with Crippen molar-refractivity contribution in [1.29, 1.82) is 0 Å². The Morgan fingerprint density at radius 3 is 2.68 bits per heavy atom. The number of aromatic nitrogens is 1. The first-order chi connectivity index (χ1) is 10.6. The number of carbonyl (C=O) groups is 2. The number of amides is 1. The van der Waals surface area contributed by atoms with Crippen molar-refractivity contribution in [2.75, 3.05) is 13.7 Å². The van der Waals surface area contributed by atoms with Crippen molar-refractivity contribution in [3.05, 3.63) is 52.0 Å². The van der Waals surface area contributed by atoms with Gasteiger partial charge in [-0.25, -0.2) is 9.78 Å². The lowest BCUT2D eigenvalue weighted by Crippen LogP contribution is -2.31. The van der Waals surface area contributed by atoms with Gasteiger partial charge in [0, 0.05) is 25.5 Å². The van der Waals surface area contributed by atoms with Gasteiger partial charge in [0.05, 0.1) is 5.01 Å². The Kier molecular flexibility index (Phi) is 5.62. The predicted octanol–water partition coefficient (Wildman–Crippen LogP) is 1.89. The number of hydrogen-bond donors (Lipinski definition) is 2. The van der Waals surface area contributed by atoms with E-state index in [0.717, 1.165) is 5.56 Å². The molecule has 0 unspecified atom stereocenters. The Morgan fingerprint density at radius 2 is 2.09 bits per heavy atom. The Hall–Kier alpha value is -2.25. The number of nitrogens with zero attached hydrogens (tertiary/aromatic N) is 1. The molecule has 1 aromatic carbocycles. The van der Waals surface area contributed by atoms with Gasteiger partial charge < -0.3 is 15.2 Å². The maximum Gasteiger partial charge on any atom is 0.355 e. The lowest BCUT2D eigenvalue weighted by Gasteiger charge is -2.15. The number of hydrogen-bond acceptors (Lipinski definition) is 5. The van der Waals surface area contributed by atoms with Gasteiger partial charge in [-0.2, -0.15) is 0 Å². The molecule has 0 bridgehead atoms. The lowest BCUT2D eigenvalue weighted by atomic mass is 10.1. The van der Waals surface area contributed by atoms with Crippen LogP contribution in [-0.4, -0.2) is 35.6 Å². The molecule has 1 aromatic heterocycles. The average Bonchev–Trinajstić information content (AvgIpc) is 2.98. The summed E-state index contributed by atoms with van der Waals surface area (Å²) in [6.45, 7) is 0.373. The van der Waals surface area contributed by atoms with Crippen LogP contribution in [0.2, 0.25) is 0 Å². The summed E-state index contributed by atoms with van der Waals surface area (Å²) >= 11 is 1.27. The zero-order chi connectivity index (χ0) is 15.9. The molecule has 0 radical (unpaired) electrons. The molecule has 0 aliphatic heterocycles. The van der Waals surface area contributed by atoms with Crippen LogP contribution in [0.25, 0.3) is 0 Å². The largest absolute Gasteiger partial charge is 0.476 e. The molecular weight excluding hydrogens is 304 g/mol. The van der Waals surface area contributed by atoms with Gasteiger partial charge >= 0.3 is 5.97 Å². The van der Waals surface area contributed by atoms with E-state index in [2.05, 4.69) is 10.3 Å². The van der Waals surface area contributed by atoms with Crippen LogP contribution >= 0.6 is 11.3 Å². The first-order valence-electron chi connectivity index (χ1n) is 6.65. The van der Waals surface area contributed by atoms with Gasteiger partial charge in [-0.1, -0.05) is 30.3 Å². The van der Waals surface area contributed by atoms with E-state index >= 15 is 0 Å². The SMILES string of the molecule is CO[C@@H](C(=O)NCCc1nc(C(=O)O)cs1)c1ccccc1. The normalized spacial score (nSPS) is 11.9. The monoisotopic (exact) mass is 320 g/mol. The van der Waals surface area contributed by atoms with Crippen LogP contribution in [0.15, 0.2) is 35.7 Å². The fourth-order valence-electron chi connectivity index (χ4n) is 1.93. The summed E-state index contributed by atoms with van der Waals surface area (Å²) in [5, 5.41) is 13.7. The van der Waals surface area contributed by atoms with Crippen LogP contribution in [-0.2, 0) is 16.0 Å². The molecule has 2 N–H and O–H groups in total. The third-order valence-electron chi connectivity index (χ3n) is 2.99. The summed E-state index contributed by atoms with van der Waals surface area (Å²) in [5.41, 5.74) is 0.815. The third-order valence-corrected chi connectivity index (χ3v) is 3.89. The molecule has 0 saturated carbocycles. The standard InChI is InChI=1S/C15H16N2O4S/c1-21-13(10-5-3-2-4-6-10)14(18)16-8-7-12-17-11(9-22-12)15(19)20/h2-6,9,13H,7-8H2,1H3,(H,16,18)(H,19,20)/t13-/m1/s1. The molecule has 0 aliphatic carbocycles. The van der Waals surface area contributed by atoms with E-state index in [0.29, 0.717) is 18.0 Å². The topological polar surface area (TPSA) is 88.5 Å². The number of rotatable bonds is 7. The van der Waals surface area contributed by atoms with Gasteiger partial charge in [0.2, 0.25) is 0 Å². The van der Waals surface area contributed by atoms with Crippen LogP contribution in [0.5, 0.6) is 0 Å². The summed E-state index contributed by atoms with van der Waals surface area (Å²) in [6, 6.07) is 9.22. The van der Waals surface area contributed by atoms with Crippen LogP contribution < -0.4 is 5.32 Å². The van der Waals surface area contributed by atoms with E-state index < -0.39 is 12.1 Å². The molecule has 0 aliphatic rings. The highest BCUT2D eigenvalue weighted by Crippen LogP contribution is 2.16. The summed E-state index contributed by atoms with van der Waals surface area (Å²) in [5.74, 6) is -1.28. The molecule has 2 rings (SSSR count). The smallest absolute Gasteiger partial charge is 0.355 e. The molecule has 116 valence electrons. The number of carboxylic acid groups (broad SMARTS) is 1. The number of carbonyl (C=O) groups excluding carboxylic acids is 1. The summed E-state index contributed by atoms with van der Waals surface area (Å²) in [4.78, 5) is 26.8. The molecule has 1 atom stereocenters. The molecule has 22 heavy (non-hydrogen) atoms. The molecule has 0 saturated heterocycles. The summed E-state index contributed by atoms with van der Waals surface area (Å²) in [6.07, 6.45) is -0.179. The fraction of sp³-hybridized carbons (Fsp3) is 0.267. The minimum Gasteiger partial charge on any atom is -0.476 e. The summed E-state index contributed by atoms with van der Waals surface area (Å²) < 4.78 is 5.23. The Labute approximate surface area is 131 Å². The number of thiazole rings is 1. The van der Waals surface area contributed by atoms with Crippen molar-refractivity contribution in [2.24, 2.45) is 0 Å². The highest BCUT2D eigenvalue weighted by atomic mass is 32.1. The molecular formula is C15H16N2O4S. The van der Waals surface area contributed by atoms with Crippen molar-refractivity contribution >= 4 is 23.2 Å². The van der Waals surface area contributed by atoms with Gasteiger partial charge in [-0.15, -0.1) is 11.3 Å². The van der Waals surface area contributed by atoms with Crippen molar-refractivity contribution in [3.8, 4) is 0 Å². The maximum absolute atomic E-state index is 12.1. The lowest BCUT2D eigenvalue weighted by molar-refractivity contribution is -0.131. The van der Waals surface area contributed by atoms with Gasteiger partial charge in [-0.05, 0) is 5.56 Å². The number of benzene rings is 1. The Balaban J connectivity index is 1.87. The van der Waals surface area contributed by atoms with Gasteiger partial charge in [-0.3, -0.25) is 4.79 Å². The predicted molar refractivity (Wildman–Crippen MR) is 82.0 cm³/mol. The first-order valence-corrected chi connectivity index (χ1v) is 7.53. The van der Waals surface area contributed by atoms with Crippen molar-refractivity contribution in [1.82, 2.24) is 10.3 Å². The number of carboxylic acids is 1. The highest BCUT2D eigenvalue weighted by Gasteiger charge is 2.19. The van der Waals surface area contributed by atoms with E-state index in [9.17, 15) is 9.59 Å². The van der Waals surface area contributed by atoms with Crippen LogP contribution in [0.3, 0.4) is 0 Å². The average molecular weight is 320 g/mol. The van der Waals surface area contributed by atoms with Gasteiger partial charge in [0.15, 0.2) is 11.8 Å². The number of nitrogens with one attached hydrogen (secondary N) is 1. The molecule has 1 amide bonds. The number of methoxy groups -OCH3 is 1. The van der Waals surface area contributed by atoms with Gasteiger partial charge in [0.25, 0.3) is 5.91 Å². The van der Waals surface area contributed by atoms with Crippen molar-refractivity contribution < 1.29 is 19.4 Å². The molecule has 0 spiro atoms. The van der Waals surface area contributed by atoms with Crippen LogP contribution in [0, 0.1) is 0 Å². The Bertz CT molecular complexity index is 642. The minimum atomic E-state index is -1.05. The fourth-order valence-corrected chi connectivity index (χ4v) is 2.70. The van der Waals surface area contributed by atoms with Crippen molar-refractivity contribution in [3.63, 3.8) is 0 Å². The van der Waals surface area contributed by atoms with Gasteiger partial charge in [0.1, 0.15) is 0 Å².